The molecule has 0 aliphatic rings. The van der Waals surface area contributed by atoms with Crippen LogP contribution >= 0.6 is 0 Å². The summed E-state index contributed by atoms with van der Waals surface area (Å²) in [5.74, 6) is -1.20. The molecule has 78 valence electrons. The van der Waals surface area contributed by atoms with Gasteiger partial charge in [-0.15, -0.1) is 0 Å². The molecule has 0 bridgehead atoms. The number of nitrogens with one attached hydrogen (secondary N) is 1. The van der Waals surface area contributed by atoms with Gasteiger partial charge in [0.15, 0.2) is 0 Å². The van der Waals surface area contributed by atoms with Gasteiger partial charge in [0.2, 0.25) is 0 Å². The number of nitrogens with two attached hydrogens (primary N) is 1. The highest BCUT2D eigenvalue weighted by molar-refractivity contribution is 5.46. The maximum atomic E-state index is 13.1. The summed E-state index contributed by atoms with van der Waals surface area (Å²) in [4.78, 5) is 0. The molecule has 0 saturated heterocycles. The molecule has 0 aliphatic carbocycles. The van der Waals surface area contributed by atoms with Crippen molar-refractivity contribution in [3.8, 4) is 0 Å². The van der Waals surface area contributed by atoms with Crippen LogP contribution in [0.3, 0.4) is 0 Å². The summed E-state index contributed by atoms with van der Waals surface area (Å²) in [5.41, 5.74) is 5.46. The fourth-order valence-electron chi connectivity index (χ4n) is 0.995. The molecule has 0 heterocycles. The Balaban J connectivity index is 2.85. The van der Waals surface area contributed by atoms with Gasteiger partial charge in [-0.2, -0.15) is 0 Å². The molecule has 4 heteroatoms. The second kappa shape index (κ2) is 4.37. The van der Waals surface area contributed by atoms with Crippen LogP contribution in [0, 0.1) is 11.6 Å². The van der Waals surface area contributed by atoms with Crippen molar-refractivity contribution in [3.63, 3.8) is 0 Å². The lowest BCUT2D eigenvalue weighted by Gasteiger charge is -2.19. The van der Waals surface area contributed by atoms with Crippen LogP contribution in [0.15, 0.2) is 18.2 Å². The van der Waals surface area contributed by atoms with Crippen molar-refractivity contribution >= 4 is 5.69 Å². The first-order chi connectivity index (χ1) is 6.52. The van der Waals surface area contributed by atoms with Gasteiger partial charge in [-0.25, -0.2) is 8.78 Å². The van der Waals surface area contributed by atoms with Gasteiger partial charge in [-0.3, -0.25) is 0 Å². The highest BCUT2D eigenvalue weighted by atomic mass is 19.1. The Bertz CT molecular complexity index is 293. The van der Waals surface area contributed by atoms with E-state index in [9.17, 15) is 8.78 Å². The van der Waals surface area contributed by atoms with Gasteiger partial charge in [0.1, 0.15) is 17.3 Å². The monoisotopic (exact) mass is 200 g/mol. The Hall–Kier alpha value is -1.16. The van der Waals surface area contributed by atoms with Crippen molar-refractivity contribution in [3.05, 3.63) is 29.8 Å². The lowest BCUT2D eigenvalue weighted by atomic mass is 10.1. The quantitative estimate of drug-likeness (QED) is 0.784. The molecule has 0 radical (unpaired) electrons. The van der Waals surface area contributed by atoms with Crippen LogP contribution in [0.25, 0.3) is 0 Å². The first-order valence-electron chi connectivity index (χ1n) is 4.48. The van der Waals surface area contributed by atoms with Gasteiger partial charge >= 0.3 is 0 Å². The molecule has 0 saturated carbocycles. The fourth-order valence-corrected chi connectivity index (χ4v) is 0.995. The second-order valence-electron chi connectivity index (χ2n) is 3.39. The molecule has 0 aliphatic heterocycles. The molecule has 1 rings (SSSR count). The minimum atomic E-state index is -0.600. The number of hydrogen-bond acceptors (Lipinski definition) is 2. The van der Waals surface area contributed by atoms with Crippen molar-refractivity contribution in [1.82, 2.24) is 0 Å². The molecule has 1 aromatic carbocycles. The third kappa shape index (κ3) is 2.42. The van der Waals surface area contributed by atoms with Gasteiger partial charge in [-0.05, 0) is 26.0 Å². The zero-order chi connectivity index (χ0) is 10.7. The summed E-state index contributed by atoms with van der Waals surface area (Å²) in [6.07, 6.45) is 0. The van der Waals surface area contributed by atoms with E-state index in [1.54, 1.807) is 13.8 Å². The number of anilines is 1. The highest BCUT2D eigenvalue weighted by Gasteiger charge is 2.13. The standard InChI is InChI=1S/C10H14F2N2/c1-6(13)7(2)14-10-8(11)4-3-5-9(10)12/h3-7,14H,13H2,1-2H3. The largest absolute Gasteiger partial charge is 0.376 e. The topological polar surface area (TPSA) is 38.0 Å². The second-order valence-corrected chi connectivity index (χ2v) is 3.39. The number of halogens is 2. The van der Waals surface area contributed by atoms with E-state index < -0.39 is 11.6 Å². The summed E-state index contributed by atoms with van der Waals surface area (Å²) in [6.45, 7) is 3.55. The van der Waals surface area contributed by atoms with E-state index in [0.29, 0.717) is 0 Å². The van der Waals surface area contributed by atoms with Crippen LogP contribution in [0.2, 0.25) is 0 Å². The molecular weight excluding hydrogens is 186 g/mol. The van der Waals surface area contributed by atoms with E-state index >= 15 is 0 Å². The number of benzene rings is 1. The van der Waals surface area contributed by atoms with Crippen molar-refractivity contribution in [2.75, 3.05) is 5.32 Å². The SMILES string of the molecule is CC(N)C(C)Nc1c(F)cccc1F. The molecule has 2 nitrogen and oxygen atoms in total. The van der Waals surface area contributed by atoms with E-state index in [2.05, 4.69) is 5.32 Å². The molecule has 2 atom stereocenters. The normalized spacial score (nSPS) is 14.9. The van der Waals surface area contributed by atoms with Crippen LogP contribution in [0.5, 0.6) is 0 Å². The van der Waals surface area contributed by atoms with E-state index in [4.69, 9.17) is 5.73 Å². The van der Waals surface area contributed by atoms with Gasteiger partial charge in [0, 0.05) is 12.1 Å². The molecule has 2 unspecified atom stereocenters. The predicted octanol–water partition coefficient (Wildman–Crippen LogP) is 2.11. The zero-order valence-electron chi connectivity index (χ0n) is 8.22. The molecule has 14 heavy (non-hydrogen) atoms. The minimum Gasteiger partial charge on any atom is -0.376 e. The number of rotatable bonds is 3. The van der Waals surface area contributed by atoms with Gasteiger partial charge in [-0.1, -0.05) is 6.07 Å². The Labute approximate surface area is 82.1 Å². The maximum Gasteiger partial charge on any atom is 0.149 e. The molecule has 0 fully saturated rings. The third-order valence-corrected chi connectivity index (χ3v) is 2.12. The summed E-state index contributed by atoms with van der Waals surface area (Å²) >= 11 is 0. The zero-order valence-corrected chi connectivity index (χ0v) is 8.22. The maximum absolute atomic E-state index is 13.1. The minimum absolute atomic E-state index is 0.114. The van der Waals surface area contributed by atoms with E-state index in [1.165, 1.54) is 18.2 Å². The lowest BCUT2D eigenvalue weighted by molar-refractivity contribution is 0.571. The molecule has 3 N–H and O–H groups in total. The van der Waals surface area contributed by atoms with Crippen LogP contribution in [0.4, 0.5) is 14.5 Å². The van der Waals surface area contributed by atoms with Gasteiger partial charge < -0.3 is 11.1 Å². The van der Waals surface area contributed by atoms with Crippen molar-refractivity contribution < 1.29 is 8.78 Å². The number of para-hydroxylation sites is 1. The molecule has 1 aromatic rings. The summed E-state index contributed by atoms with van der Waals surface area (Å²) in [5, 5.41) is 2.70. The molecular formula is C10H14F2N2. The van der Waals surface area contributed by atoms with Gasteiger partial charge in [0.05, 0.1) is 0 Å². The molecule has 0 aromatic heterocycles. The van der Waals surface area contributed by atoms with Crippen LogP contribution < -0.4 is 11.1 Å². The van der Waals surface area contributed by atoms with Crippen LogP contribution in [-0.4, -0.2) is 12.1 Å². The van der Waals surface area contributed by atoms with Crippen LogP contribution in [0.1, 0.15) is 13.8 Å². The first kappa shape index (κ1) is 10.9. The lowest BCUT2D eigenvalue weighted by Crippen LogP contribution is -2.35. The Kier molecular flexibility index (Phi) is 3.41. The fraction of sp³-hybridized carbons (Fsp3) is 0.400. The van der Waals surface area contributed by atoms with Crippen molar-refractivity contribution in [2.45, 2.75) is 25.9 Å². The van der Waals surface area contributed by atoms with Gasteiger partial charge in [0.25, 0.3) is 0 Å². The third-order valence-electron chi connectivity index (χ3n) is 2.12. The van der Waals surface area contributed by atoms with Crippen molar-refractivity contribution in [2.24, 2.45) is 5.73 Å². The summed E-state index contributed by atoms with van der Waals surface area (Å²) < 4.78 is 26.3. The number of hydrogen-bond donors (Lipinski definition) is 2. The Morgan fingerprint density at radius 2 is 1.71 bits per heavy atom. The average Bonchev–Trinajstić information content (AvgIpc) is 2.11. The van der Waals surface area contributed by atoms with E-state index in [-0.39, 0.29) is 17.8 Å². The summed E-state index contributed by atoms with van der Waals surface area (Å²) in [7, 11) is 0. The van der Waals surface area contributed by atoms with E-state index in [1.807, 2.05) is 0 Å². The molecule has 0 amide bonds. The smallest absolute Gasteiger partial charge is 0.149 e. The Morgan fingerprint density at radius 3 is 2.14 bits per heavy atom. The Morgan fingerprint density at radius 1 is 1.21 bits per heavy atom. The van der Waals surface area contributed by atoms with Crippen molar-refractivity contribution in [1.29, 1.82) is 0 Å². The van der Waals surface area contributed by atoms with Crippen LogP contribution in [-0.2, 0) is 0 Å². The first-order valence-corrected chi connectivity index (χ1v) is 4.48. The van der Waals surface area contributed by atoms with E-state index in [0.717, 1.165) is 0 Å². The predicted molar refractivity (Wildman–Crippen MR) is 53.1 cm³/mol. The summed E-state index contributed by atoms with van der Waals surface area (Å²) in [6, 6.07) is 3.39. The average molecular weight is 200 g/mol. The highest BCUT2D eigenvalue weighted by Crippen LogP contribution is 2.19. The molecule has 0 spiro atoms.